The maximum atomic E-state index is 11.5. The zero-order valence-electron chi connectivity index (χ0n) is 11.9. The van der Waals surface area contributed by atoms with E-state index in [1.165, 1.54) is 16.7 Å². The summed E-state index contributed by atoms with van der Waals surface area (Å²) in [5.41, 5.74) is 2.13. The van der Waals surface area contributed by atoms with Crippen molar-refractivity contribution in [1.29, 1.82) is 0 Å². The molecular formula is C14H12N4O4. The molecule has 0 saturated carbocycles. The van der Waals surface area contributed by atoms with Crippen LogP contribution >= 0.6 is 0 Å². The molecule has 0 bridgehead atoms. The highest BCUT2D eigenvalue weighted by atomic mass is 16.6. The number of fused-ring (bicyclic) bond motifs is 1. The number of aromatic nitrogens is 2. The Labute approximate surface area is 124 Å². The monoisotopic (exact) mass is 300 g/mol. The van der Waals surface area contributed by atoms with Gasteiger partial charge >= 0.3 is 5.76 Å². The molecule has 3 aromatic rings. The van der Waals surface area contributed by atoms with Gasteiger partial charge in [0.2, 0.25) is 0 Å². The van der Waals surface area contributed by atoms with Crippen LogP contribution in [-0.4, -0.2) is 14.5 Å². The number of pyridine rings is 1. The third kappa shape index (κ3) is 2.30. The standard InChI is InChI=1S/C14H12N4O4/c1-8-10(18(20)21)4-6-13(15-8)16-9-3-5-12-11(7-9)17(2)14(19)22-12/h3-7H,1-2H3,(H,15,16). The minimum Gasteiger partial charge on any atom is -0.408 e. The number of rotatable bonds is 3. The maximum absolute atomic E-state index is 11.5. The molecule has 0 amide bonds. The highest BCUT2D eigenvalue weighted by Crippen LogP contribution is 2.23. The van der Waals surface area contributed by atoms with Gasteiger partial charge in [0.1, 0.15) is 11.5 Å². The van der Waals surface area contributed by atoms with Gasteiger partial charge in [-0.2, -0.15) is 0 Å². The molecule has 0 fully saturated rings. The van der Waals surface area contributed by atoms with Crippen molar-refractivity contribution in [3.63, 3.8) is 0 Å². The van der Waals surface area contributed by atoms with E-state index in [0.29, 0.717) is 28.3 Å². The van der Waals surface area contributed by atoms with E-state index in [4.69, 9.17) is 4.42 Å². The molecule has 2 heterocycles. The first kappa shape index (κ1) is 13.8. The Morgan fingerprint density at radius 2 is 2.09 bits per heavy atom. The number of anilines is 2. The van der Waals surface area contributed by atoms with Gasteiger partial charge in [0.05, 0.1) is 10.4 Å². The maximum Gasteiger partial charge on any atom is 0.419 e. The zero-order chi connectivity index (χ0) is 15.9. The molecule has 8 heteroatoms. The number of hydrogen-bond donors (Lipinski definition) is 1. The summed E-state index contributed by atoms with van der Waals surface area (Å²) in [7, 11) is 1.62. The Balaban J connectivity index is 1.96. The lowest BCUT2D eigenvalue weighted by Gasteiger charge is -2.06. The first-order valence-electron chi connectivity index (χ1n) is 6.44. The van der Waals surface area contributed by atoms with E-state index in [0.717, 1.165) is 0 Å². The molecule has 0 aliphatic rings. The molecule has 2 aromatic heterocycles. The summed E-state index contributed by atoms with van der Waals surface area (Å²) in [4.78, 5) is 25.9. The zero-order valence-corrected chi connectivity index (χ0v) is 11.9. The van der Waals surface area contributed by atoms with Crippen molar-refractivity contribution in [3.05, 3.63) is 56.7 Å². The van der Waals surface area contributed by atoms with E-state index < -0.39 is 10.7 Å². The van der Waals surface area contributed by atoms with Crippen molar-refractivity contribution in [2.75, 3.05) is 5.32 Å². The molecular weight excluding hydrogens is 288 g/mol. The molecule has 3 rings (SSSR count). The lowest BCUT2D eigenvalue weighted by Crippen LogP contribution is -2.08. The summed E-state index contributed by atoms with van der Waals surface area (Å²) in [6.45, 7) is 1.58. The van der Waals surface area contributed by atoms with Crippen LogP contribution in [0.15, 0.2) is 39.5 Å². The molecule has 0 saturated heterocycles. The van der Waals surface area contributed by atoms with Gasteiger partial charge in [-0.1, -0.05) is 0 Å². The molecule has 1 aromatic carbocycles. The number of nitrogens with zero attached hydrogens (tertiary/aromatic N) is 3. The average molecular weight is 300 g/mol. The predicted molar refractivity (Wildman–Crippen MR) is 80.4 cm³/mol. The minimum absolute atomic E-state index is 0.0294. The Morgan fingerprint density at radius 3 is 2.77 bits per heavy atom. The van der Waals surface area contributed by atoms with Crippen LogP contribution in [0.1, 0.15) is 5.69 Å². The van der Waals surface area contributed by atoms with Crippen molar-refractivity contribution >= 4 is 28.3 Å². The fraction of sp³-hybridized carbons (Fsp3) is 0.143. The first-order valence-corrected chi connectivity index (χ1v) is 6.44. The number of benzene rings is 1. The lowest BCUT2D eigenvalue weighted by atomic mass is 10.2. The first-order chi connectivity index (χ1) is 10.5. The predicted octanol–water partition coefficient (Wildman–Crippen LogP) is 2.49. The van der Waals surface area contributed by atoms with Crippen LogP contribution in [0.2, 0.25) is 0 Å². The Bertz CT molecular complexity index is 942. The summed E-state index contributed by atoms with van der Waals surface area (Å²) in [5.74, 6) is 0.0485. The summed E-state index contributed by atoms with van der Waals surface area (Å²) in [6, 6.07) is 8.10. The summed E-state index contributed by atoms with van der Waals surface area (Å²) >= 11 is 0. The molecule has 0 spiro atoms. The number of hydrogen-bond acceptors (Lipinski definition) is 6. The average Bonchev–Trinajstić information content (AvgIpc) is 2.74. The fourth-order valence-electron chi connectivity index (χ4n) is 2.17. The molecule has 0 aliphatic heterocycles. The van der Waals surface area contributed by atoms with Gasteiger partial charge in [0.25, 0.3) is 5.69 Å². The van der Waals surface area contributed by atoms with Crippen LogP contribution in [0.25, 0.3) is 11.1 Å². The largest absolute Gasteiger partial charge is 0.419 e. The quantitative estimate of drug-likeness (QED) is 0.588. The Kier molecular flexibility index (Phi) is 3.13. The second-order valence-electron chi connectivity index (χ2n) is 4.79. The van der Waals surface area contributed by atoms with Crippen molar-refractivity contribution in [2.45, 2.75) is 6.92 Å². The van der Waals surface area contributed by atoms with E-state index in [1.54, 1.807) is 32.2 Å². The Morgan fingerprint density at radius 1 is 1.32 bits per heavy atom. The summed E-state index contributed by atoms with van der Waals surface area (Å²) in [6.07, 6.45) is 0. The Hall–Kier alpha value is -3.16. The van der Waals surface area contributed by atoms with E-state index in [9.17, 15) is 14.9 Å². The lowest BCUT2D eigenvalue weighted by molar-refractivity contribution is -0.385. The fourth-order valence-corrected chi connectivity index (χ4v) is 2.17. The van der Waals surface area contributed by atoms with Crippen molar-refractivity contribution in [1.82, 2.24) is 9.55 Å². The van der Waals surface area contributed by atoms with E-state index >= 15 is 0 Å². The van der Waals surface area contributed by atoms with Crippen LogP contribution in [0.3, 0.4) is 0 Å². The van der Waals surface area contributed by atoms with Crippen LogP contribution in [0.5, 0.6) is 0 Å². The van der Waals surface area contributed by atoms with Crippen LogP contribution < -0.4 is 11.1 Å². The van der Waals surface area contributed by atoms with Gasteiger partial charge in [0.15, 0.2) is 5.58 Å². The third-order valence-electron chi connectivity index (χ3n) is 3.32. The van der Waals surface area contributed by atoms with Gasteiger partial charge in [-0.05, 0) is 31.2 Å². The topological polar surface area (TPSA) is 103 Å². The summed E-state index contributed by atoms with van der Waals surface area (Å²) in [5, 5.41) is 13.8. The molecule has 0 unspecified atom stereocenters. The summed E-state index contributed by atoms with van der Waals surface area (Å²) < 4.78 is 6.45. The van der Waals surface area contributed by atoms with Crippen molar-refractivity contribution < 1.29 is 9.34 Å². The van der Waals surface area contributed by atoms with Crippen LogP contribution in [0.4, 0.5) is 17.2 Å². The molecule has 1 N–H and O–H groups in total. The van der Waals surface area contributed by atoms with Crippen LogP contribution in [-0.2, 0) is 7.05 Å². The highest BCUT2D eigenvalue weighted by Gasteiger charge is 2.12. The van der Waals surface area contributed by atoms with Gasteiger partial charge in [-0.3, -0.25) is 14.7 Å². The number of aryl methyl sites for hydroxylation is 2. The molecule has 8 nitrogen and oxygen atoms in total. The van der Waals surface area contributed by atoms with Crippen molar-refractivity contribution in [2.24, 2.45) is 7.05 Å². The number of nitro groups is 1. The number of oxazole rings is 1. The normalized spacial score (nSPS) is 10.8. The SMILES string of the molecule is Cc1nc(Nc2ccc3oc(=O)n(C)c3c2)ccc1[N+](=O)[O-]. The van der Waals surface area contributed by atoms with Gasteiger partial charge in [-0.15, -0.1) is 0 Å². The van der Waals surface area contributed by atoms with E-state index in [-0.39, 0.29) is 5.69 Å². The second kappa shape index (κ2) is 4.99. The van der Waals surface area contributed by atoms with Gasteiger partial charge in [0, 0.05) is 18.8 Å². The third-order valence-corrected chi connectivity index (χ3v) is 3.32. The highest BCUT2D eigenvalue weighted by molar-refractivity contribution is 5.78. The smallest absolute Gasteiger partial charge is 0.408 e. The van der Waals surface area contributed by atoms with E-state index in [2.05, 4.69) is 10.3 Å². The number of nitrogens with one attached hydrogen (secondary N) is 1. The second-order valence-corrected chi connectivity index (χ2v) is 4.79. The van der Waals surface area contributed by atoms with E-state index in [1.807, 2.05) is 0 Å². The van der Waals surface area contributed by atoms with Crippen molar-refractivity contribution in [3.8, 4) is 0 Å². The molecule has 112 valence electrons. The molecule has 0 aliphatic carbocycles. The minimum atomic E-state index is -0.473. The van der Waals surface area contributed by atoms with Gasteiger partial charge < -0.3 is 9.73 Å². The van der Waals surface area contributed by atoms with Crippen LogP contribution in [0, 0.1) is 17.0 Å². The molecule has 22 heavy (non-hydrogen) atoms. The van der Waals surface area contributed by atoms with Gasteiger partial charge in [-0.25, -0.2) is 9.78 Å². The molecule has 0 radical (unpaired) electrons. The molecule has 0 atom stereocenters.